The Morgan fingerprint density at radius 2 is 1.85 bits per heavy atom. The summed E-state index contributed by atoms with van der Waals surface area (Å²) in [6.07, 6.45) is 0.495. The smallest absolute Gasteiger partial charge is 0.159 e. The molecule has 0 radical (unpaired) electrons. The van der Waals surface area contributed by atoms with Gasteiger partial charge < -0.3 is 5.73 Å². The first-order valence-corrected chi connectivity index (χ1v) is 7.49. The van der Waals surface area contributed by atoms with E-state index in [1.165, 1.54) is 6.07 Å². The number of thioether (sulfide) groups is 1. The van der Waals surface area contributed by atoms with E-state index >= 15 is 0 Å². The van der Waals surface area contributed by atoms with E-state index in [0.29, 0.717) is 22.8 Å². The summed E-state index contributed by atoms with van der Waals surface area (Å²) in [5.41, 5.74) is 6.70. The third-order valence-corrected chi connectivity index (χ3v) is 4.47. The van der Waals surface area contributed by atoms with E-state index in [9.17, 15) is 8.78 Å². The molecule has 1 unspecified atom stereocenters. The van der Waals surface area contributed by atoms with E-state index in [-0.39, 0.29) is 6.04 Å². The van der Waals surface area contributed by atoms with Gasteiger partial charge in [-0.25, -0.2) is 8.78 Å². The fourth-order valence-electron chi connectivity index (χ4n) is 1.79. The van der Waals surface area contributed by atoms with E-state index in [2.05, 4.69) is 0 Å². The van der Waals surface area contributed by atoms with Crippen LogP contribution in [0.25, 0.3) is 0 Å². The van der Waals surface area contributed by atoms with Crippen molar-refractivity contribution in [3.8, 4) is 0 Å². The second kappa shape index (κ2) is 7.07. The summed E-state index contributed by atoms with van der Waals surface area (Å²) in [4.78, 5) is 0.968. The molecule has 106 valence electrons. The summed E-state index contributed by atoms with van der Waals surface area (Å²) in [7, 11) is 0. The summed E-state index contributed by atoms with van der Waals surface area (Å²) in [5.74, 6) is -1.02. The van der Waals surface area contributed by atoms with Crippen LogP contribution < -0.4 is 5.73 Å². The second-order valence-corrected chi connectivity index (χ2v) is 5.92. The van der Waals surface area contributed by atoms with Crippen LogP contribution in [-0.4, -0.2) is 11.8 Å². The minimum Gasteiger partial charge on any atom is -0.327 e. The normalized spacial score (nSPS) is 12.4. The molecule has 2 N–H and O–H groups in total. The van der Waals surface area contributed by atoms with Crippen LogP contribution in [0.5, 0.6) is 0 Å². The van der Waals surface area contributed by atoms with Crippen molar-refractivity contribution in [3.63, 3.8) is 0 Å². The summed E-state index contributed by atoms with van der Waals surface area (Å²) in [6.45, 7) is 0. The molecule has 0 aliphatic rings. The zero-order valence-electron chi connectivity index (χ0n) is 10.7. The fraction of sp³-hybridized carbons (Fsp3) is 0.200. The van der Waals surface area contributed by atoms with Gasteiger partial charge >= 0.3 is 0 Å². The van der Waals surface area contributed by atoms with E-state index in [4.69, 9.17) is 17.3 Å². The Balaban J connectivity index is 1.91. The standard InChI is InChI=1S/C15H14ClF2NS/c16-12-3-1-2-4-15(12)20-9-11(19)7-10-5-6-13(17)14(18)8-10/h1-6,8,11H,7,9,19H2. The molecule has 2 aromatic rings. The van der Waals surface area contributed by atoms with Gasteiger partial charge in [0.15, 0.2) is 11.6 Å². The first-order chi connectivity index (χ1) is 9.56. The van der Waals surface area contributed by atoms with Gasteiger partial charge in [-0.2, -0.15) is 0 Å². The topological polar surface area (TPSA) is 26.0 Å². The van der Waals surface area contributed by atoms with Gasteiger partial charge in [0.05, 0.1) is 5.02 Å². The average Bonchev–Trinajstić information content (AvgIpc) is 2.42. The van der Waals surface area contributed by atoms with Gasteiger partial charge in [0, 0.05) is 16.7 Å². The van der Waals surface area contributed by atoms with Crippen LogP contribution >= 0.6 is 23.4 Å². The first kappa shape index (κ1) is 15.3. The highest BCUT2D eigenvalue weighted by molar-refractivity contribution is 7.99. The SMILES string of the molecule is NC(CSc1ccccc1Cl)Cc1ccc(F)c(F)c1. The van der Waals surface area contributed by atoms with Crippen LogP contribution in [0.4, 0.5) is 8.78 Å². The molecule has 0 saturated heterocycles. The maximum absolute atomic E-state index is 13.1. The molecule has 0 heterocycles. The summed E-state index contributed by atoms with van der Waals surface area (Å²) >= 11 is 7.61. The van der Waals surface area contributed by atoms with Crippen LogP contribution in [0.3, 0.4) is 0 Å². The Labute approximate surface area is 126 Å². The molecule has 5 heteroatoms. The minimum atomic E-state index is -0.840. The number of hydrogen-bond acceptors (Lipinski definition) is 2. The van der Waals surface area contributed by atoms with Crippen LogP contribution in [0.1, 0.15) is 5.56 Å². The number of rotatable bonds is 5. The largest absolute Gasteiger partial charge is 0.327 e. The van der Waals surface area contributed by atoms with Crippen LogP contribution in [0.15, 0.2) is 47.4 Å². The van der Waals surface area contributed by atoms with Crippen molar-refractivity contribution in [2.45, 2.75) is 17.4 Å². The zero-order chi connectivity index (χ0) is 14.5. The molecule has 0 spiro atoms. The molecule has 2 rings (SSSR count). The zero-order valence-corrected chi connectivity index (χ0v) is 12.2. The van der Waals surface area contributed by atoms with Gasteiger partial charge in [-0.15, -0.1) is 11.8 Å². The quantitative estimate of drug-likeness (QED) is 0.834. The molecule has 1 nitrogen and oxygen atoms in total. The van der Waals surface area contributed by atoms with E-state index < -0.39 is 11.6 Å². The minimum absolute atomic E-state index is 0.152. The maximum Gasteiger partial charge on any atom is 0.159 e. The highest BCUT2D eigenvalue weighted by Gasteiger charge is 2.09. The van der Waals surface area contributed by atoms with Crippen molar-refractivity contribution < 1.29 is 8.78 Å². The number of benzene rings is 2. The van der Waals surface area contributed by atoms with Gasteiger partial charge in [-0.05, 0) is 36.2 Å². The third-order valence-electron chi connectivity index (χ3n) is 2.77. The first-order valence-electron chi connectivity index (χ1n) is 6.13. The summed E-state index contributed by atoms with van der Waals surface area (Å²) < 4.78 is 25.9. The molecule has 2 aromatic carbocycles. The molecule has 0 aliphatic heterocycles. The average molecular weight is 314 g/mol. The van der Waals surface area contributed by atoms with Crippen molar-refractivity contribution in [1.82, 2.24) is 0 Å². The van der Waals surface area contributed by atoms with Gasteiger partial charge in [-0.1, -0.05) is 29.8 Å². The predicted octanol–water partition coefficient (Wildman–Crippen LogP) is 4.28. The van der Waals surface area contributed by atoms with E-state index in [1.54, 1.807) is 17.8 Å². The summed E-state index contributed by atoms with van der Waals surface area (Å²) in [6, 6.07) is 11.2. The van der Waals surface area contributed by atoms with Gasteiger partial charge in [-0.3, -0.25) is 0 Å². The summed E-state index contributed by atoms with van der Waals surface area (Å²) in [5, 5.41) is 0.692. The lowest BCUT2D eigenvalue weighted by Crippen LogP contribution is -2.25. The molecular weight excluding hydrogens is 300 g/mol. The Kier molecular flexibility index (Phi) is 5.40. The van der Waals surface area contributed by atoms with Crippen LogP contribution in [0, 0.1) is 11.6 Å². The van der Waals surface area contributed by atoms with Crippen molar-refractivity contribution >= 4 is 23.4 Å². The molecule has 0 saturated carbocycles. The second-order valence-electron chi connectivity index (χ2n) is 4.45. The molecule has 1 atom stereocenters. The molecule has 0 fully saturated rings. The Morgan fingerprint density at radius 1 is 1.10 bits per heavy atom. The lowest BCUT2D eigenvalue weighted by molar-refractivity contribution is 0.506. The van der Waals surface area contributed by atoms with Crippen LogP contribution in [0.2, 0.25) is 5.02 Å². The third kappa shape index (κ3) is 4.20. The number of nitrogens with two attached hydrogens (primary N) is 1. The van der Waals surface area contributed by atoms with Crippen molar-refractivity contribution in [2.24, 2.45) is 5.73 Å². The lowest BCUT2D eigenvalue weighted by atomic mass is 10.1. The Hall–Kier alpha value is -1.10. The highest BCUT2D eigenvalue weighted by Crippen LogP contribution is 2.27. The fourth-order valence-corrected chi connectivity index (χ4v) is 2.98. The van der Waals surface area contributed by atoms with Gasteiger partial charge in [0.2, 0.25) is 0 Å². The van der Waals surface area contributed by atoms with Gasteiger partial charge in [0.1, 0.15) is 0 Å². The highest BCUT2D eigenvalue weighted by atomic mass is 35.5. The number of halogens is 3. The van der Waals surface area contributed by atoms with Crippen LogP contribution in [-0.2, 0) is 6.42 Å². The molecule has 0 amide bonds. The predicted molar refractivity (Wildman–Crippen MR) is 80.2 cm³/mol. The Bertz CT molecular complexity index is 592. The number of hydrogen-bond donors (Lipinski definition) is 1. The molecule has 0 bridgehead atoms. The van der Waals surface area contributed by atoms with Crippen molar-refractivity contribution in [3.05, 3.63) is 64.7 Å². The molecule has 0 aromatic heterocycles. The van der Waals surface area contributed by atoms with Gasteiger partial charge in [0.25, 0.3) is 0 Å². The van der Waals surface area contributed by atoms with E-state index in [1.807, 2.05) is 24.3 Å². The van der Waals surface area contributed by atoms with E-state index in [0.717, 1.165) is 11.0 Å². The van der Waals surface area contributed by atoms with Crippen molar-refractivity contribution in [1.29, 1.82) is 0 Å². The van der Waals surface area contributed by atoms with Crippen molar-refractivity contribution in [2.75, 3.05) is 5.75 Å². The monoisotopic (exact) mass is 313 g/mol. The molecule has 0 aliphatic carbocycles. The maximum atomic E-state index is 13.1. The molecular formula is C15H14ClF2NS. The molecule has 20 heavy (non-hydrogen) atoms. The lowest BCUT2D eigenvalue weighted by Gasteiger charge is -2.12. The Morgan fingerprint density at radius 3 is 2.55 bits per heavy atom.